The third kappa shape index (κ3) is 5.72. The van der Waals surface area contributed by atoms with E-state index in [2.05, 4.69) is 5.32 Å². The lowest BCUT2D eigenvalue weighted by Crippen LogP contribution is -2.38. The molecular formula is C19H21ClN2O3S2. The highest BCUT2D eigenvalue weighted by atomic mass is 35.5. The number of benzene rings is 2. The molecule has 1 atom stereocenters. The van der Waals surface area contributed by atoms with E-state index in [0.29, 0.717) is 11.4 Å². The van der Waals surface area contributed by atoms with Crippen LogP contribution >= 0.6 is 23.4 Å². The molecule has 1 saturated heterocycles. The van der Waals surface area contributed by atoms with Crippen molar-refractivity contribution in [3.8, 4) is 0 Å². The lowest BCUT2D eigenvalue weighted by atomic mass is 10.2. The van der Waals surface area contributed by atoms with Gasteiger partial charge in [0.05, 0.1) is 23.7 Å². The van der Waals surface area contributed by atoms with Crippen LogP contribution in [0.4, 0.5) is 5.69 Å². The fraction of sp³-hybridized carbons (Fsp3) is 0.316. The number of hydrogen-bond acceptors (Lipinski definition) is 5. The molecule has 0 saturated carbocycles. The van der Waals surface area contributed by atoms with Crippen LogP contribution in [-0.4, -0.2) is 50.4 Å². The van der Waals surface area contributed by atoms with Crippen molar-refractivity contribution in [2.75, 3.05) is 30.4 Å². The van der Waals surface area contributed by atoms with Crippen molar-refractivity contribution in [3.05, 3.63) is 53.6 Å². The molecule has 1 heterocycles. The Labute approximate surface area is 169 Å². The summed E-state index contributed by atoms with van der Waals surface area (Å²) < 4.78 is 23.2. The van der Waals surface area contributed by atoms with Crippen LogP contribution in [0.5, 0.6) is 0 Å². The monoisotopic (exact) mass is 424 g/mol. The molecule has 0 spiro atoms. The van der Waals surface area contributed by atoms with Crippen LogP contribution in [0.3, 0.4) is 0 Å². The zero-order valence-electron chi connectivity index (χ0n) is 14.9. The molecule has 0 bridgehead atoms. The van der Waals surface area contributed by atoms with Crippen LogP contribution in [0.1, 0.15) is 6.42 Å². The van der Waals surface area contributed by atoms with Crippen LogP contribution in [0.2, 0.25) is 5.02 Å². The summed E-state index contributed by atoms with van der Waals surface area (Å²) in [7, 11) is -1.17. The number of amides is 1. The maximum Gasteiger partial charge on any atom is 0.238 e. The summed E-state index contributed by atoms with van der Waals surface area (Å²) >= 11 is 7.47. The molecule has 8 heteroatoms. The number of rotatable bonds is 6. The van der Waals surface area contributed by atoms with Gasteiger partial charge in [-0.25, -0.2) is 8.42 Å². The van der Waals surface area contributed by atoms with Gasteiger partial charge in [-0.1, -0.05) is 35.5 Å². The van der Waals surface area contributed by atoms with Crippen molar-refractivity contribution in [1.29, 1.82) is 0 Å². The molecule has 0 aromatic heterocycles. The first-order chi connectivity index (χ1) is 12.8. The number of nitrogens with one attached hydrogen (secondary N) is 1. The molecule has 1 N–H and O–H groups in total. The molecular weight excluding hydrogens is 404 g/mol. The van der Waals surface area contributed by atoms with E-state index in [4.69, 9.17) is 11.6 Å². The minimum Gasteiger partial charge on any atom is -0.324 e. The van der Waals surface area contributed by atoms with Crippen LogP contribution < -0.4 is 5.32 Å². The van der Waals surface area contributed by atoms with Crippen LogP contribution in [0.25, 0.3) is 0 Å². The van der Waals surface area contributed by atoms with Crippen LogP contribution in [0, 0.1) is 0 Å². The lowest BCUT2D eigenvalue weighted by molar-refractivity contribution is -0.117. The average molecular weight is 425 g/mol. The molecule has 2 aromatic carbocycles. The normalized spacial score (nSPS) is 18.6. The van der Waals surface area contributed by atoms with E-state index >= 15 is 0 Å². The Morgan fingerprint density at radius 3 is 2.59 bits per heavy atom. The van der Waals surface area contributed by atoms with E-state index in [9.17, 15) is 13.2 Å². The smallest absolute Gasteiger partial charge is 0.238 e. The van der Waals surface area contributed by atoms with E-state index < -0.39 is 9.84 Å². The number of halogens is 1. The Morgan fingerprint density at radius 1 is 1.22 bits per heavy atom. The first-order valence-electron chi connectivity index (χ1n) is 8.55. The van der Waals surface area contributed by atoms with Crippen molar-refractivity contribution in [2.45, 2.75) is 22.3 Å². The fourth-order valence-electron chi connectivity index (χ4n) is 2.96. The zero-order chi connectivity index (χ0) is 19.4. The van der Waals surface area contributed by atoms with Crippen molar-refractivity contribution in [1.82, 2.24) is 4.90 Å². The van der Waals surface area contributed by atoms with Gasteiger partial charge in [0.2, 0.25) is 5.91 Å². The van der Waals surface area contributed by atoms with Gasteiger partial charge < -0.3 is 5.32 Å². The second-order valence-electron chi connectivity index (χ2n) is 6.57. The second-order valence-corrected chi connectivity index (χ2v) is 10.4. The number of hydrogen-bond donors (Lipinski definition) is 1. The molecule has 1 amide bonds. The van der Waals surface area contributed by atoms with E-state index in [1.807, 2.05) is 53.4 Å². The first-order valence-corrected chi connectivity index (χ1v) is 11.6. The second kappa shape index (κ2) is 8.65. The molecule has 1 unspecified atom stereocenters. The number of sulfone groups is 1. The van der Waals surface area contributed by atoms with Gasteiger partial charge >= 0.3 is 0 Å². The van der Waals surface area contributed by atoms with Gasteiger partial charge in [-0.3, -0.25) is 9.69 Å². The van der Waals surface area contributed by atoms with Gasteiger partial charge in [0.25, 0.3) is 0 Å². The zero-order valence-corrected chi connectivity index (χ0v) is 17.3. The van der Waals surface area contributed by atoms with Gasteiger partial charge in [-0.2, -0.15) is 0 Å². The Balaban J connectivity index is 1.63. The highest BCUT2D eigenvalue weighted by Crippen LogP contribution is 2.33. The van der Waals surface area contributed by atoms with Crippen molar-refractivity contribution in [2.24, 2.45) is 0 Å². The van der Waals surface area contributed by atoms with Crippen molar-refractivity contribution >= 4 is 44.8 Å². The summed E-state index contributed by atoms with van der Waals surface area (Å²) in [5, 5.41) is 3.62. The maximum absolute atomic E-state index is 12.5. The summed E-state index contributed by atoms with van der Waals surface area (Å²) in [6.45, 7) is 0.153. The number of para-hydroxylation sites is 1. The first kappa shape index (κ1) is 20.2. The van der Waals surface area contributed by atoms with Gasteiger partial charge in [0.1, 0.15) is 0 Å². The maximum atomic E-state index is 12.5. The fourth-order valence-corrected chi connectivity index (χ4v) is 5.79. The summed E-state index contributed by atoms with van der Waals surface area (Å²) in [6.07, 6.45) is 0.578. The number of likely N-dealkylation sites (N-methyl/N-ethyl adjacent to an activating group) is 1. The standard InChI is InChI=1S/C19H21ClN2O3S2/c1-22(15-10-11-27(24,25)13-15)12-19(23)21-17-4-2-3-5-18(17)26-16-8-6-14(20)7-9-16/h2-9,15H,10-13H2,1H3,(H,21,23). The van der Waals surface area contributed by atoms with Gasteiger partial charge in [0.15, 0.2) is 9.84 Å². The Morgan fingerprint density at radius 2 is 1.93 bits per heavy atom. The molecule has 0 radical (unpaired) electrons. The predicted octanol–water partition coefficient (Wildman–Crippen LogP) is 3.55. The minimum absolute atomic E-state index is 0.0977. The van der Waals surface area contributed by atoms with E-state index in [-0.39, 0.29) is 30.0 Å². The van der Waals surface area contributed by atoms with Crippen molar-refractivity contribution in [3.63, 3.8) is 0 Å². The highest BCUT2D eigenvalue weighted by Gasteiger charge is 2.31. The summed E-state index contributed by atoms with van der Waals surface area (Å²) in [5.41, 5.74) is 0.731. The average Bonchev–Trinajstić information content (AvgIpc) is 2.98. The minimum atomic E-state index is -2.97. The Hall–Kier alpha value is -1.54. The molecule has 5 nitrogen and oxygen atoms in total. The SMILES string of the molecule is CN(CC(=O)Nc1ccccc1Sc1ccc(Cl)cc1)C1CCS(=O)(=O)C1. The molecule has 1 aliphatic heterocycles. The third-order valence-corrected chi connectivity index (χ3v) is 7.51. The Kier molecular flexibility index (Phi) is 6.47. The largest absolute Gasteiger partial charge is 0.324 e. The number of anilines is 1. The van der Waals surface area contributed by atoms with E-state index in [1.54, 1.807) is 18.8 Å². The molecule has 0 aliphatic carbocycles. The summed E-state index contributed by atoms with van der Waals surface area (Å²) in [4.78, 5) is 16.2. The predicted molar refractivity (Wildman–Crippen MR) is 110 cm³/mol. The molecule has 1 fully saturated rings. The highest BCUT2D eigenvalue weighted by molar-refractivity contribution is 7.99. The topological polar surface area (TPSA) is 66.5 Å². The van der Waals surface area contributed by atoms with Gasteiger partial charge in [0, 0.05) is 20.9 Å². The molecule has 3 rings (SSSR count). The number of carbonyl (C=O) groups is 1. The van der Waals surface area contributed by atoms with Crippen LogP contribution in [-0.2, 0) is 14.6 Å². The number of carbonyl (C=O) groups excluding carboxylic acids is 1. The third-order valence-electron chi connectivity index (χ3n) is 4.43. The molecule has 27 heavy (non-hydrogen) atoms. The number of nitrogens with zero attached hydrogens (tertiary/aromatic N) is 1. The summed E-state index contributed by atoms with van der Waals surface area (Å²) in [5.74, 6) is 0.162. The van der Waals surface area contributed by atoms with E-state index in [0.717, 1.165) is 15.5 Å². The summed E-state index contributed by atoms with van der Waals surface area (Å²) in [6, 6.07) is 15.0. The van der Waals surface area contributed by atoms with E-state index in [1.165, 1.54) is 0 Å². The lowest BCUT2D eigenvalue weighted by Gasteiger charge is -2.22. The Bertz CT molecular complexity index is 917. The molecule has 144 valence electrons. The van der Waals surface area contributed by atoms with Gasteiger partial charge in [-0.15, -0.1) is 0 Å². The van der Waals surface area contributed by atoms with Gasteiger partial charge in [-0.05, 0) is 49.9 Å². The van der Waals surface area contributed by atoms with Crippen molar-refractivity contribution < 1.29 is 13.2 Å². The van der Waals surface area contributed by atoms with Crippen LogP contribution in [0.15, 0.2) is 58.3 Å². The quantitative estimate of drug-likeness (QED) is 0.768. The molecule has 2 aromatic rings. The molecule has 1 aliphatic rings.